The van der Waals surface area contributed by atoms with Crippen LogP contribution in [0.5, 0.6) is 0 Å². The second kappa shape index (κ2) is 51.1. The van der Waals surface area contributed by atoms with Crippen LogP contribution in [0.2, 0.25) is 0 Å². The van der Waals surface area contributed by atoms with E-state index in [-0.39, 0.29) is 32.0 Å². The average molecular weight is 995 g/mol. The van der Waals surface area contributed by atoms with Gasteiger partial charge >= 0.3 is 11.9 Å². The van der Waals surface area contributed by atoms with Gasteiger partial charge < -0.3 is 27.9 Å². The lowest BCUT2D eigenvalue weighted by Crippen LogP contribution is -2.37. The Morgan fingerprint density at radius 3 is 1.19 bits per heavy atom. The number of rotatable bonds is 54. The number of phosphoric ester groups is 1. The van der Waals surface area contributed by atoms with Crippen molar-refractivity contribution in [3.8, 4) is 0 Å². The Bertz CT molecular complexity index is 1260. The van der Waals surface area contributed by atoms with Crippen molar-refractivity contribution in [1.82, 2.24) is 0 Å². The lowest BCUT2D eigenvalue weighted by Gasteiger charge is -2.28. The molecular weight excluding hydrogens is 882 g/mol. The molecule has 0 bridgehead atoms. The van der Waals surface area contributed by atoms with E-state index in [0.29, 0.717) is 17.4 Å². The third-order valence-corrected chi connectivity index (χ3v) is 13.8. The van der Waals surface area contributed by atoms with E-state index in [1.807, 2.05) is 21.1 Å². The van der Waals surface area contributed by atoms with Crippen LogP contribution in [0, 0.1) is 0 Å². The van der Waals surface area contributed by atoms with Crippen LogP contribution in [-0.2, 0) is 32.7 Å². The van der Waals surface area contributed by atoms with Gasteiger partial charge in [-0.25, -0.2) is 0 Å². The topological polar surface area (TPSA) is 111 Å². The Kier molecular flexibility index (Phi) is 49.8. The Morgan fingerprint density at radius 2 is 0.783 bits per heavy atom. The van der Waals surface area contributed by atoms with Gasteiger partial charge in [0, 0.05) is 12.8 Å². The lowest BCUT2D eigenvalue weighted by atomic mass is 10.0. The van der Waals surface area contributed by atoms with E-state index >= 15 is 0 Å². The van der Waals surface area contributed by atoms with E-state index in [1.54, 1.807) is 0 Å². The van der Waals surface area contributed by atoms with Crippen molar-refractivity contribution < 1.29 is 42.1 Å². The predicted molar refractivity (Wildman–Crippen MR) is 291 cm³/mol. The number of unbranched alkanes of at least 4 members (excludes halogenated alkanes) is 34. The number of nitrogens with zero attached hydrogens (tertiary/aromatic N) is 1. The maximum atomic E-state index is 12.8. The SMILES string of the molecule is CCCCC/C=C\CCCCCCCC(=O)OCC(COP(=O)([O-])OCC[N+](C)(C)C)OC(=O)CCCCCCCCCCCCCCCCCCCCCCC/C=C\C/C=C\CCCCCCC. The highest BCUT2D eigenvalue weighted by Gasteiger charge is 2.22. The van der Waals surface area contributed by atoms with Crippen LogP contribution in [0.15, 0.2) is 36.5 Å². The van der Waals surface area contributed by atoms with Gasteiger partial charge in [-0.15, -0.1) is 0 Å². The first kappa shape index (κ1) is 67.2. The summed E-state index contributed by atoms with van der Waals surface area (Å²) in [6.45, 7) is 4.22. The van der Waals surface area contributed by atoms with E-state index in [9.17, 15) is 19.0 Å². The van der Waals surface area contributed by atoms with Gasteiger partial charge in [-0.05, 0) is 70.6 Å². The number of ether oxygens (including phenoxy) is 2. The summed E-state index contributed by atoms with van der Waals surface area (Å²) in [5, 5.41) is 0. The quantitative estimate of drug-likeness (QED) is 0.0195. The van der Waals surface area contributed by atoms with Gasteiger partial charge in [0.05, 0.1) is 27.7 Å². The Morgan fingerprint density at radius 1 is 0.449 bits per heavy atom. The number of allylic oxidation sites excluding steroid dienone is 6. The summed E-state index contributed by atoms with van der Waals surface area (Å²) >= 11 is 0. The van der Waals surface area contributed by atoms with E-state index in [2.05, 4.69) is 50.3 Å². The van der Waals surface area contributed by atoms with Crippen molar-refractivity contribution in [1.29, 1.82) is 0 Å². The molecule has 0 amide bonds. The fourth-order valence-corrected chi connectivity index (χ4v) is 9.06. The van der Waals surface area contributed by atoms with E-state index < -0.39 is 26.5 Å². The molecular formula is C59H112NO8P. The average Bonchev–Trinajstić information content (AvgIpc) is 3.31. The van der Waals surface area contributed by atoms with Crippen LogP contribution in [-0.4, -0.2) is 70.0 Å². The van der Waals surface area contributed by atoms with E-state index in [4.69, 9.17) is 18.5 Å². The van der Waals surface area contributed by atoms with Crippen molar-refractivity contribution in [2.24, 2.45) is 0 Å². The molecule has 0 fully saturated rings. The molecule has 0 radical (unpaired) electrons. The Labute approximate surface area is 427 Å². The van der Waals surface area contributed by atoms with Crippen molar-refractivity contribution >= 4 is 19.8 Å². The maximum Gasteiger partial charge on any atom is 0.306 e. The van der Waals surface area contributed by atoms with E-state index in [1.165, 1.54) is 186 Å². The van der Waals surface area contributed by atoms with Crippen LogP contribution < -0.4 is 4.89 Å². The van der Waals surface area contributed by atoms with Crippen molar-refractivity contribution in [2.45, 2.75) is 283 Å². The minimum Gasteiger partial charge on any atom is -0.756 e. The smallest absolute Gasteiger partial charge is 0.306 e. The number of hydrogen-bond donors (Lipinski definition) is 0. The van der Waals surface area contributed by atoms with Crippen molar-refractivity contribution in [3.05, 3.63) is 36.5 Å². The molecule has 0 heterocycles. The molecule has 0 aliphatic heterocycles. The molecule has 0 saturated heterocycles. The molecule has 0 N–H and O–H groups in total. The van der Waals surface area contributed by atoms with E-state index in [0.717, 1.165) is 57.8 Å². The fraction of sp³-hybridized carbons (Fsp3) is 0.864. The highest BCUT2D eigenvalue weighted by molar-refractivity contribution is 7.45. The van der Waals surface area contributed by atoms with Crippen molar-refractivity contribution in [2.75, 3.05) is 47.5 Å². The first-order valence-electron chi connectivity index (χ1n) is 29.2. The summed E-state index contributed by atoms with van der Waals surface area (Å²) in [7, 11) is 1.17. The number of esters is 2. The highest BCUT2D eigenvalue weighted by atomic mass is 31.2. The first-order valence-corrected chi connectivity index (χ1v) is 30.7. The Balaban J connectivity index is 3.97. The summed E-state index contributed by atoms with van der Waals surface area (Å²) in [6.07, 6.45) is 62.1. The summed E-state index contributed by atoms with van der Waals surface area (Å²) < 4.78 is 34.1. The van der Waals surface area contributed by atoms with Crippen molar-refractivity contribution in [3.63, 3.8) is 0 Å². The number of quaternary nitrogens is 1. The summed E-state index contributed by atoms with van der Waals surface area (Å²) in [4.78, 5) is 37.7. The van der Waals surface area contributed by atoms with Gasteiger partial charge in [0.2, 0.25) is 0 Å². The predicted octanol–water partition coefficient (Wildman–Crippen LogP) is 17.4. The summed E-state index contributed by atoms with van der Waals surface area (Å²) in [6, 6.07) is 0. The van der Waals surface area contributed by atoms with Crippen LogP contribution in [0.25, 0.3) is 0 Å². The van der Waals surface area contributed by atoms with Gasteiger partial charge in [0.1, 0.15) is 19.8 Å². The van der Waals surface area contributed by atoms with Crippen LogP contribution in [0.4, 0.5) is 0 Å². The van der Waals surface area contributed by atoms with Gasteiger partial charge in [-0.1, -0.05) is 230 Å². The Hall–Kier alpha value is -1.77. The molecule has 0 aliphatic rings. The zero-order chi connectivity index (χ0) is 50.6. The molecule has 9 nitrogen and oxygen atoms in total. The zero-order valence-corrected chi connectivity index (χ0v) is 46.9. The minimum absolute atomic E-state index is 0.0303. The molecule has 0 aromatic carbocycles. The number of carbonyl (C=O) groups is 2. The number of phosphoric acid groups is 1. The molecule has 0 aliphatic carbocycles. The molecule has 0 spiro atoms. The van der Waals surface area contributed by atoms with Crippen LogP contribution in [0.3, 0.4) is 0 Å². The molecule has 406 valence electrons. The van der Waals surface area contributed by atoms with Gasteiger partial charge in [0.15, 0.2) is 6.10 Å². The highest BCUT2D eigenvalue weighted by Crippen LogP contribution is 2.38. The third-order valence-electron chi connectivity index (χ3n) is 12.9. The number of likely N-dealkylation sites (N-methyl/N-ethyl adjacent to an activating group) is 1. The first-order chi connectivity index (χ1) is 33.5. The monoisotopic (exact) mass is 994 g/mol. The number of carbonyl (C=O) groups excluding carboxylic acids is 2. The second-order valence-electron chi connectivity index (χ2n) is 21.0. The minimum atomic E-state index is -4.63. The maximum absolute atomic E-state index is 12.8. The number of hydrogen-bond acceptors (Lipinski definition) is 8. The largest absolute Gasteiger partial charge is 0.756 e. The molecule has 10 heteroatoms. The molecule has 2 atom stereocenters. The molecule has 2 unspecified atom stereocenters. The standard InChI is InChI=1S/C59H112NO8P/c1-6-8-10-12-14-16-18-20-21-22-23-24-25-26-27-28-29-30-31-32-33-34-35-36-37-38-39-40-42-44-46-48-50-52-59(62)68-57(56-67-69(63,64)66-54-53-60(3,4)5)55-65-58(61)51-49-47-45-43-41-19-17-15-13-11-9-7-2/h15,17-18,20,22-23,57H,6-14,16,19,21,24-56H2,1-5H3/b17-15-,20-18-,23-22-. The lowest BCUT2D eigenvalue weighted by molar-refractivity contribution is -0.870. The molecule has 0 aromatic rings. The second-order valence-corrected chi connectivity index (χ2v) is 22.4. The summed E-state index contributed by atoms with van der Waals surface area (Å²) in [5.41, 5.74) is 0. The van der Waals surface area contributed by atoms with Crippen LogP contribution >= 0.6 is 7.82 Å². The third kappa shape index (κ3) is 55.4. The van der Waals surface area contributed by atoms with Gasteiger partial charge in [-0.3, -0.25) is 14.2 Å². The zero-order valence-electron chi connectivity index (χ0n) is 46.0. The normalized spacial score (nSPS) is 13.5. The van der Waals surface area contributed by atoms with Crippen LogP contribution in [0.1, 0.15) is 277 Å². The van der Waals surface area contributed by atoms with Gasteiger partial charge in [0.25, 0.3) is 7.82 Å². The fourth-order valence-electron chi connectivity index (χ4n) is 8.33. The molecule has 0 rings (SSSR count). The molecule has 69 heavy (non-hydrogen) atoms. The molecule has 0 aromatic heterocycles. The summed E-state index contributed by atoms with van der Waals surface area (Å²) in [5.74, 6) is -0.834. The van der Waals surface area contributed by atoms with Gasteiger partial charge in [-0.2, -0.15) is 0 Å². The molecule has 0 saturated carbocycles.